The van der Waals surface area contributed by atoms with E-state index in [0.29, 0.717) is 0 Å². The molecular formula is C20H36O8. The average molecular weight is 405 g/mol. The molecule has 0 spiro atoms. The predicted molar refractivity (Wildman–Crippen MR) is 101 cm³/mol. The number of Topliss-reactive ketones (excluding diaryl/α,β-unsaturated/α-hetero) is 1. The van der Waals surface area contributed by atoms with Crippen LogP contribution in [0.4, 0.5) is 0 Å². The number of esters is 1. The van der Waals surface area contributed by atoms with Crippen molar-refractivity contribution in [3.63, 3.8) is 0 Å². The quantitative estimate of drug-likeness (QED) is 0.380. The summed E-state index contributed by atoms with van der Waals surface area (Å²) in [6, 6.07) is 0. The van der Waals surface area contributed by atoms with Crippen LogP contribution in [0.5, 0.6) is 0 Å². The molecule has 0 amide bonds. The Morgan fingerprint density at radius 3 is 1.89 bits per heavy atom. The van der Waals surface area contributed by atoms with Gasteiger partial charge in [0.25, 0.3) is 0 Å². The molecule has 0 unspecified atom stereocenters. The molecule has 0 radical (unpaired) electrons. The highest BCUT2D eigenvalue weighted by Crippen LogP contribution is 2.32. The first-order valence-corrected chi connectivity index (χ1v) is 9.90. The Kier molecular flexibility index (Phi) is 8.59. The fourth-order valence-electron chi connectivity index (χ4n) is 3.92. The number of ether oxygens (including phenoxy) is 1. The molecule has 1 saturated heterocycles. The Bertz CT molecular complexity index is 552. The molecule has 0 saturated carbocycles. The number of cyclic esters (lactones) is 1. The third kappa shape index (κ3) is 5.10. The van der Waals surface area contributed by atoms with E-state index in [1.807, 2.05) is 0 Å². The second-order valence-electron chi connectivity index (χ2n) is 8.64. The highest BCUT2D eigenvalue weighted by molar-refractivity contribution is 5.89. The molecule has 5 N–H and O–H groups in total. The SMILES string of the molecule is C[C@@H]1[C@@H](O)[C@@H](C)C[C@](O)(CO)C(=O)[C@H](C)[C@@H](O)[C@@H](C)[C@@H](C)OC(=O)[C@H](C)[C@H]1O. The zero-order valence-electron chi connectivity index (χ0n) is 17.6. The van der Waals surface area contributed by atoms with Gasteiger partial charge < -0.3 is 30.3 Å². The predicted octanol–water partition coefficient (Wildman–Crippen LogP) is -0.122. The molecule has 8 heteroatoms. The molecule has 1 fully saturated rings. The Morgan fingerprint density at radius 1 is 0.893 bits per heavy atom. The van der Waals surface area contributed by atoms with Crippen LogP contribution in [0.15, 0.2) is 0 Å². The van der Waals surface area contributed by atoms with Crippen LogP contribution in [0.1, 0.15) is 48.0 Å². The third-order valence-corrected chi connectivity index (χ3v) is 6.43. The van der Waals surface area contributed by atoms with Crippen molar-refractivity contribution in [3.8, 4) is 0 Å². The monoisotopic (exact) mass is 404 g/mol. The van der Waals surface area contributed by atoms with Gasteiger partial charge in [0.15, 0.2) is 5.78 Å². The molecule has 10 atom stereocenters. The lowest BCUT2D eigenvalue weighted by molar-refractivity contribution is -0.168. The summed E-state index contributed by atoms with van der Waals surface area (Å²) in [7, 11) is 0. The van der Waals surface area contributed by atoms with Gasteiger partial charge in [0.05, 0.1) is 30.8 Å². The summed E-state index contributed by atoms with van der Waals surface area (Å²) in [4.78, 5) is 25.2. The van der Waals surface area contributed by atoms with E-state index in [1.165, 1.54) is 13.8 Å². The molecule has 0 aromatic heterocycles. The van der Waals surface area contributed by atoms with Crippen LogP contribution < -0.4 is 0 Å². The number of aliphatic hydroxyl groups is 5. The minimum Gasteiger partial charge on any atom is -0.462 e. The zero-order chi connectivity index (χ0) is 22.0. The first-order chi connectivity index (χ1) is 12.8. The second-order valence-corrected chi connectivity index (χ2v) is 8.64. The summed E-state index contributed by atoms with van der Waals surface area (Å²) in [5, 5.41) is 52.1. The van der Waals surface area contributed by atoms with E-state index in [4.69, 9.17) is 4.74 Å². The van der Waals surface area contributed by atoms with Crippen LogP contribution in [-0.4, -0.2) is 73.9 Å². The molecule has 1 rings (SSSR count). The van der Waals surface area contributed by atoms with E-state index in [1.54, 1.807) is 27.7 Å². The fourth-order valence-corrected chi connectivity index (χ4v) is 3.92. The first kappa shape index (κ1) is 25.0. The summed E-state index contributed by atoms with van der Waals surface area (Å²) in [5.41, 5.74) is -2.14. The van der Waals surface area contributed by atoms with Gasteiger partial charge in [-0.25, -0.2) is 0 Å². The molecule has 1 heterocycles. The van der Waals surface area contributed by atoms with Crippen molar-refractivity contribution >= 4 is 11.8 Å². The second kappa shape index (κ2) is 9.63. The number of ketones is 1. The topological polar surface area (TPSA) is 145 Å². The van der Waals surface area contributed by atoms with Crippen molar-refractivity contribution in [2.75, 3.05) is 6.61 Å². The first-order valence-electron chi connectivity index (χ1n) is 9.90. The zero-order valence-corrected chi connectivity index (χ0v) is 17.6. The summed E-state index contributed by atoms with van der Waals surface area (Å²) in [5.74, 6) is -5.38. The highest BCUT2D eigenvalue weighted by Gasteiger charge is 2.46. The Hall–Kier alpha value is -1.06. The molecule has 28 heavy (non-hydrogen) atoms. The van der Waals surface area contributed by atoms with Crippen molar-refractivity contribution in [2.45, 2.75) is 78.0 Å². The van der Waals surface area contributed by atoms with Gasteiger partial charge in [-0.1, -0.05) is 27.7 Å². The molecule has 0 aliphatic carbocycles. The van der Waals surface area contributed by atoms with Crippen molar-refractivity contribution in [1.29, 1.82) is 0 Å². The van der Waals surface area contributed by atoms with Crippen LogP contribution in [0, 0.1) is 29.6 Å². The number of carbonyl (C=O) groups is 2. The standard InChI is InChI=1S/C20H36O8/c1-9-7-20(27,8-21)18(25)12(4)16(23)10(2)14(6)28-19(26)13(5)17(24)11(3)15(9)22/h9-17,21-24,27H,7-8H2,1-6H3/t9-,10-,11+,12+,13+,14+,15-,16-,17-,20-/m0/s1. The lowest BCUT2D eigenvalue weighted by Gasteiger charge is -2.38. The van der Waals surface area contributed by atoms with Crippen LogP contribution in [0.25, 0.3) is 0 Å². The molecule has 1 aliphatic rings. The van der Waals surface area contributed by atoms with Gasteiger partial charge in [-0.3, -0.25) is 9.59 Å². The van der Waals surface area contributed by atoms with Crippen molar-refractivity contribution < 1.29 is 39.9 Å². The van der Waals surface area contributed by atoms with E-state index in [9.17, 15) is 35.1 Å². The fraction of sp³-hybridized carbons (Fsp3) is 0.900. The van der Waals surface area contributed by atoms with Crippen molar-refractivity contribution in [1.82, 2.24) is 0 Å². The maximum Gasteiger partial charge on any atom is 0.311 e. The molecule has 1 aliphatic heterocycles. The Labute approximate surface area is 166 Å². The molecule has 8 nitrogen and oxygen atoms in total. The molecule has 0 aromatic carbocycles. The van der Waals surface area contributed by atoms with Crippen LogP contribution in [-0.2, 0) is 14.3 Å². The number of hydrogen-bond acceptors (Lipinski definition) is 8. The van der Waals surface area contributed by atoms with E-state index >= 15 is 0 Å². The minimum absolute atomic E-state index is 0.250. The summed E-state index contributed by atoms with van der Waals surface area (Å²) in [6.07, 6.45) is -4.58. The van der Waals surface area contributed by atoms with Gasteiger partial charge in [-0.05, 0) is 26.2 Å². The highest BCUT2D eigenvalue weighted by atomic mass is 16.5. The molecule has 164 valence electrons. The van der Waals surface area contributed by atoms with Gasteiger partial charge >= 0.3 is 5.97 Å². The van der Waals surface area contributed by atoms with E-state index < -0.39 is 78.0 Å². The van der Waals surface area contributed by atoms with E-state index in [0.717, 1.165) is 0 Å². The maximum atomic E-state index is 12.8. The average Bonchev–Trinajstić information content (AvgIpc) is 2.67. The van der Waals surface area contributed by atoms with Crippen LogP contribution in [0.3, 0.4) is 0 Å². The van der Waals surface area contributed by atoms with Gasteiger partial charge in [-0.15, -0.1) is 0 Å². The lowest BCUT2D eigenvalue weighted by atomic mass is 9.75. The van der Waals surface area contributed by atoms with Crippen LogP contribution in [0.2, 0.25) is 0 Å². The van der Waals surface area contributed by atoms with Crippen molar-refractivity contribution in [3.05, 3.63) is 0 Å². The molecular weight excluding hydrogens is 368 g/mol. The summed E-state index contributed by atoms with van der Waals surface area (Å²) in [6.45, 7) is 8.44. The normalized spacial score (nSPS) is 47.3. The molecule has 0 aromatic rings. The lowest BCUT2D eigenvalue weighted by Crippen LogP contribution is -2.53. The van der Waals surface area contributed by atoms with Gasteiger partial charge in [0.1, 0.15) is 11.7 Å². The number of aliphatic hydroxyl groups excluding tert-OH is 4. The third-order valence-electron chi connectivity index (χ3n) is 6.43. The number of hydrogen-bond donors (Lipinski definition) is 5. The van der Waals surface area contributed by atoms with Gasteiger partial charge in [0, 0.05) is 17.8 Å². The summed E-state index contributed by atoms with van der Waals surface area (Å²) >= 11 is 0. The van der Waals surface area contributed by atoms with E-state index in [2.05, 4.69) is 0 Å². The Balaban J connectivity index is 3.34. The van der Waals surface area contributed by atoms with Gasteiger partial charge in [-0.2, -0.15) is 0 Å². The number of carbonyl (C=O) groups excluding carboxylic acids is 2. The Morgan fingerprint density at radius 2 is 1.39 bits per heavy atom. The number of rotatable bonds is 1. The smallest absolute Gasteiger partial charge is 0.311 e. The summed E-state index contributed by atoms with van der Waals surface area (Å²) < 4.78 is 5.37. The minimum atomic E-state index is -2.14. The van der Waals surface area contributed by atoms with Crippen molar-refractivity contribution in [2.24, 2.45) is 29.6 Å². The largest absolute Gasteiger partial charge is 0.462 e. The van der Waals surface area contributed by atoms with Gasteiger partial charge in [0.2, 0.25) is 0 Å². The van der Waals surface area contributed by atoms with E-state index in [-0.39, 0.29) is 6.42 Å². The van der Waals surface area contributed by atoms with Crippen LogP contribution >= 0.6 is 0 Å². The maximum absolute atomic E-state index is 12.8. The molecule has 0 bridgehead atoms.